The van der Waals surface area contributed by atoms with E-state index >= 15 is 0 Å². The van der Waals surface area contributed by atoms with E-state index in [1.807, 2.05) is 37.2 Å². The number of nitrogens with one attached hydrogen (secondary N) is 1. The number of thiazole rings is 1. The second kappa shape index (κ2) is 10.3. The summed E-state index contributed by atoms with van der Waals surface area (Å²) in [5, 5.41) is 15.0. The Morgan fingerprint density at radius 3 is 2.80 bits per heavy atom. The lowest BCUT2D eigenvalue weighted by molar-refractivity contribution is 0.470. The maximum absolute atomic E-state index is 14.0. The number of guanidine groups is 1. The lowest BCUT2D eigenvalue weighted by Crippen LogP contribution is -2.38. The highest BCUT2D eigenvalue weighted by atomic mass is 127. The molecule has 0 saturated heterocycles. The van der Waals surface area contributed by atoms with E-state index in [9.17, 15) is 4.39 Å². The Morgan fingerprint density at radius 2 is 2.24 bits per heavy atom. The monoisotopic (exact) mass is 473 g/mol. The molecule has 134 valence electrons. The summed E-state index contributed by atoms with van der Waals surface area (Å²) >= 11 is 1.61. The molecule has 0 atom stereocenters. The Hall–Kier alpha value is -1.73. The molecule has 25 heavy (non-hydrogen) atoms. The third kappa shape index (κ3) is 6.25. The maximum Gasteiger partial charge on any atom is 0.194 e. The van der Waals surface area contributed by atoms with E-state index in [1.165, 1.54) is 6.07 Å². The molecule has 0 unspecified atom stereocenters. The summed E-state index contributed by atoms with van der Waals surface area (Å²) in [7, 11) is 1.92. The highest BCUT2D eigenvalue weighted by Crippen LogP contribution is 2.12. The maximum atomic E-state index is 14.0. The molecular formula is C17H21FIN5S. The minimum atomic E-state index is -0.411. The Labute approximate surface area is 168 Å². The quantitative estimate of drug-likeness (QED) is 0.409. The van der Waals surface area contributed by atoms with Crippen molar-refractivity contribution in [2.75, 3.05) is 13.6 Å². The third-order valence-corrected chi connectivity index (χ3v) is 4.17. The first-order chi connectivity index (χ1) is 11.5. The summed E-state index contributed by atoms with van der Waals surface area (Å²) in [6.07, 6.45) is 0. The van der Waals surface area contributed by atoms with Crippen molar-refractivity contribution in [1.82, 2.24) is 15.2 Å². The first-order valence-corrected chi connectivity index (χ1v) is 8.50. The highest BCUT2D eigenvalue weighted by Gasteiger charge is 2.09. The number of nitriles is 1. The SMILES string of the molecule is CCNC(=NCc1ccc(C#N)cc1F)N(C)Cc1csc(C)n1.I. The molecule has 0 amide bonds. The fourth-order valence-electron chi connectivity index (χ4n) is 2.17. The molecule has 2 aromatic rings. The van der Waals surface area contributed by atoms with Crippen LogP contribution in [0, 0.1) is 24.1 Å². The first kappa shape index (κ1) is 21.3. The van der Waals surface area contributed by atoms with Crippen LogP contribution in [0.4, 0.5) is 4.39 Å². The molecule has 0 aliphatic rings. The second-order valence-electron chi connectivity index (χ2n) is 5.30. The van der Waals surface area contributed by atoms with Gasteiger partial charge in [-0.2, -0.15) is 5.26 Å². The van der Waals surface area contributed by atoms with Crippen LogP contribution in [-0.2, 0) is 13.1 Å². The molecule has 0 radical (unpaired) electrons. The van der Waals surface area contributed by atoms with Crippen LogP contribution in [0.5, 0.6) is 0 Å². The van der Waals surface area contributed by atoms with Crippen LogP contribution in [0.2, 0.25) is 0 Å². The van der Waals surface area contributed by atoms with Crippen LogP contribution in [0.3, 0.4) is 0 Å². The molecule has 1 heterocycles. The fourth-order valence-corrected chi connectivity index (χ4v) is 2.78. The average Bonchev–Trinajstić information content (AvgIpc) is 2.97. The normalized spacial score (nSPS) is 10.8. The molecule has 0 fully saturated rings. The van der Waals surface area contributed by atoms with E-state index in [1.54, 1.807) is 23.5 Å². The van der Waals surface area contributed by atoms with E-state index in [0.717, 1.165) is 17.2 Å². The first-order valence-electron chi connectivity index (χ1n) is 7.62. The van der Waals surface area contributed by atoms with Crippen LogP contribution in [0.25, 0.3) is 0 Å². The highest BCUT2D eigenvalue weighted by molar-refractivity contribution is 14.0. The largest absolute Gasteiger partial charge is 0.357 e. The number of aliphatic imine (C=N–C) groups is 1. The smallest absolute Gasteiger partial charge is 0.194 e. The van der Waals surface area contributed by atoms with Crippen molar-refractivity contribution in [3.63, 3.8) is 0 Å². The van der Waals surface area contributed by atoms with Gasteiger partial charge >= 0.3 is 0 Å². The van der Waals surface area contributed by atoms with Gasteiger partial charge in [-0.1, -0.05) is 6.07 Å². The molecule has 2 rings (SSSR count). The van der Waals surface area contributed by atoms with Gasteiger partial charge in [-0.25, -0.2) is 14.4 Å². The van der Waals surface area contributed by atoms with Gasteiger partial charge in [0.25, 0.3) is 0 Å². The van der Waals surface area contributed by atoms with Crippen molar-refractivity contribution in [2.45, 2.75) is 26.9 Å². The Bertz CT molecular complexity index is 769. The number of hydrogen-bond donors (Lipinski definition) is 1. The molecule has 0 aliphatic carbocycles. The zero-order valence-corrected chi connectivity index (χ0v) is 17.6. The standard InChI is InChI=1S/C17H20FN5S.HI/c1-4-20-17(23(3)10-15-11-24-12(2)22-15)21-9-14-6-5-13(8-19)7-16(14)18;/h5-7,11H,4,9-10H2,1-3H3,(H,20,21);1H. The molecule has 0 aliphatic heterocycles. The number of halogens is 2. The summed E-state index contributed by atoms with van der Waals surface area (Å²) in [4.78, 5) is 10.9. The molecule has 5 nitrogen and oxygen atoms in total. The second-order valence-corrected chi connectivity index (χ2v) is 6.36. The van der Waals surface area contributed by atoms with Gasteiger partial charge in [0.2, 0.25) is 0 Å². The van der Waals surface area contributed by atoms with Crippen LogP contribution >= 0.6 is 35.3 Å². The summed E-state index contributed by atoms with van der Waals surface area (Å²) < 4.78 is 14.0. The predicted molar refractivity (Wildman–Crippen MR) is 110 cm³/mol. The van der Waals surface area contributed by atoms with E-state index in [0.29, 0.717) is 23.6 Å². The van der Waals surface area contributed by atoms with Gasteiger partial charge in [0.1, 0.15) is 5.82 Å². The lowest BCUT2D eigenvalue weighted by atomic mass is 10.1. The van der Waals surface area contributed by atoms with Gasteiger partial charge in [-0.05, 0) is 26.0 Å². The minimum absolute atomic E-state index is 0. The van der Waals surface area contributed by atoms with Gasteiger partial charge in [-0.15, -0.1) is 35.3 Å². The van der Waals surface area contributed by atoms with Gasteiger partial charge in [0.05, 0.1) is 35.4 Å². The Morgan fingerprint density at radius 1 is 1.48 bits per heavy atom. The van der Waals surface area contributed by atoms with Gasteiger partial charge in [-0.3, -0.25) is 0 Å². The zero-order valence-electron chi connectivity index (χ0n) is 14.4. The summed E-state index contributed by atoms with van der Waals surface area (Å²) in [5.74, 6) is 0.276. The lowest BCUT2D eigenvalue weighted by Gasteiger charge is -2.21. The summed E-state index contributed by atoms with van der Waals surface area (Å²) in [5.41, 5.74) is 1.75. The van der Waals surface area contributed by atoms with Gasteiger partial charge in [0.15, 0.2) is 5.96 Å². The van der Waals surface area contributed by atoms with Crippen molar-refractivity contribution in [1.29, 1.82) is 5.26 Å². The molecular weight excluding hydrogens is 452 g/mol. The Kier molecular flexibility index (Phi) is 8.78. The number of rotatable bonds is 5. The van der Waals surface area contributed by atoms with Crippen molar-refractivity contribution >= 4 is 41.3 Å². The minimum Gasteiger partial charge on any atom is -0.357 e. The van der Waals surface area contributed by atoms with Crippen LogP contribution in [-0.4, -0.2) is 29.4 Å². The van der Waals surface area contributed by atoms with Crippen LogP contribution in [0.15, 0.2) is 28.6 Å². The van der Waals surface area contributed by atoms with Crippen molar-refractivity contribution < 1.29 is 4.39 Å². The molecule has 0 spiro atoms. The van der Waals surface area contributed by atoms with Crippen molar-refractivity contribution in [3.8, 4) is 6.07 Å². The number of aryl methyl sites for hydroxylation is 1. The van der Waals surface area contributed by atoms with E-state index in [2.05, 4.69) is 15.3 Å². The number of aromatic nitrogens is 1. The summed E-state index contributed by atoms with van der Waals surface area (Å²) in [6.45, 7) is 5.52. The summed E-state index contributed by atoms with van der Waals surface area (Å²) in [6, 6.07) is 6.36. The Balaban J connectivity index is 0.00000312. The van der Waals surface area contributed by atoms with Gasteiger partial charge < -0.3 is 10.2 Å². The topological polar surface area (TPSA) is 64.3 Å². The van der Waals surface area contributed by atoms with E-state index in [4.69, 9.17) is 5.26 Å². The van der Waals surface area contributed by atoms with Crippen LogP contribution in [0.1, 0.15) is 28.8 Å². The molecule has 1 N–H and O–H groups in total. The van der Waals surface area contributed by atoms with Gasteiger partial charge in [0, 0.05) is 24.5 Å². The average molecular weight is 473 g/mol. The molecule has 0 saturated carbocycles. The predicted octanol–water partition coefficient (Wildman–Crippen LogP) is 3.68. The van der Waals surface area contributed by atoms with Crippen molar-refractivity contribution in [2.24, 2.45) is 4.99 Å². The number of hydrogen-bond acceptors (Lipinski definition) is 4. The molecule has 8 heteroatoms. The van der Waals surface area contributed by atoms with E-state index in [-0.39, 0.29) is 30.5 Å². The molecule has 1 aromatic carbocycles. The van der Waals surface area contributed by atoms with Crippen molar-refractivity contribution in [3.05, 3.63) is 51.2 Å². The fraction of sp³-hybridized carbons (Fsp3) is 0.353. The van der Waals surface area contributed by atoms with Crippen LogP contribution < -0.4 is 5.32 Å². The third-order valence-electron chi connectivity index (χ3n) is 3.34. The molecule has 0 bridgehead atoms. The van der Waals surface area contributed by atoms with E-state index < -0.39 is 5.82 Å². The molecule has 1 aromatic heterocycles. The zero-order chi connectivity index (χ0) is 17.5. The number of benzene rings is 1. The number of nitrogens with zero attached hydrogens (tertiary/aromatic N) is 4.